The summed E-state index contributed by atoms with van der Waals surface area (Å²) in [6, 6.07) is 3.74. The van der Waals surface area contributed by atoms with Gasteiger partial charge >= 0.3 is 0 Å². The molecule has 2 rings (SSSR count). The summed E-state index contributed by atoms with van der Waals surface area (Å²) in [5, 5.41) is 0. The van der Waals surface area contributed by atoms with E-state index in [2.05, 4.69) is 20.9 Å². The second kappa shape index (κ2) is 4.02. The van der Waals surface area contributed by atoms with Gasteiger partial charge in [0, 0.05) is 16.4 Å². The van der Waals surface area contributed by atoms with Crippen molar-refractivity contribution in [3.63, 3.8) is 0 Å². The summed E-state index contributed by atoms with van der Waals surface area (Å²) in [4.78, 5) is 16.0. The lowest BCUT2D eigenvalue weighted by Gasteiger charge is -2.36. The molecule has 2 N–H and O–H groups in total. The molecular formula is C11H13BrN2O. The fraction of sp³-hybridized carbons (Fsp3) is 0.455. The number of nitrogens with zero attached hydrogens (tertiary/aromatic N) is 1. The largest absolute Gasteiger partial charge is 0.319 e. The van der Waals surface area contributed by atoms with Crippen molar-refractivity contribution >= 4 is 21.7 Å². The van der Waals surface area contributed by atoms with Crippen LogP contribution in [0.3, 0.4) is 0 Å². The van der Waals surface area contributed by atoms with E-state index in [1.807, 2.05) is 12.1 Å². The van der Waals surface area contributed by atoms with Gasteiger partial charge in [-0.2, -0.15) is 0 Å². The predicted molar refractivity (Wildman–Crippen MR) is 61.4 cm³/mol. The van der Waals surface area contributed by atoms with Crippen LogP contribution in [0.5, 0.6) is 0 Å². The highest BCUT2D eigenvalue weighted by molar-refractivity contribution is 9.10. The number of pyridine rings is 1. The molecule has 0 saturated heterocycles. The van der Waals surface area contributed by atoms with Crippen LogP contribution in [0, 0.1) is 0 Å². The maximum absolute atomic E-state index is 11.8. The summed E-state index contributed by atoms with van der Waals surface area (Å²) in [7, 11) is 0. The average molecular weight is 269 g/mol. The van der Waals surface area contributed by atoms with Crippen molar-refractivity contribution < 1.29 is 4.79 Å². The topological polar surface area (TPSA) is 56.0 Å². The van der Waals surface area contributed by atoms with Gasteiger partial charge in [0.15, 0.2) is 5.78 Å². The van der Waals surface area contributed by atoms with Crippen molar-refractivity contribution in [2.45, 2.75) is 31.2 Å². The lowest BCUT2D eigenvalue weighted by molar-refractivity contribution is -0.126. The fourth-order valence-corrected chi connectivity index (χ4v) is 1.92. The van der Waals surface area contributed by atoms with Crippen LogP contribution in [0.15, 0.2) is 22.8 Å². The maximum atomic E-state index is 11.8. The Morgan fingerprint density at radius 2 is 2.27 bits per heavy atom. The summed E-state index contributed by atoms with van der Waals surface area (Å²) in [6.45, 7) is 0. The number of rotatable bonds is 3. The Morgan fingerprint density at radius 3 is 2.73 bits per heavy atom. The Hall–Kier alpha value is -0.740. The molecule has 80 valence electrons. The van der Waals surface area contributed by atoms with E-state index >= 15 is 0 Å². The highest BCUT2D eigenvalue weighted by Crippen LogP contribution is 2.30. The SMILES string of the molecule is NC1(C(=O)Cc2ccc(Br)cn2)CCC1. The third-order valence-electron chi connectivity index (χ3n) is 2.93. The minimum absolute atomic E-state index is 0.114. The smallest absolute Gasteiger partial charge is 0.158 e. The normalized spacial score (nSPS) is 18.3. The molecule has 1 aliphatic carbocycles. The number of hydrogen-bond donors (Lipinski definition) is 1. The number of hydrogen-bond acceptors (Lipinski definition) is 3. The van der Waals surface area contributed by atoms with Gasteiger partial charge in [-0.25, -0.2) is 0 Å². The van der Waals surface area contributed by atoms with Crippen LogP contribution < -0.4 is 5.73 Å². The Balaban J connectivity index is 2.02. The van der Waals surface area contributed by atoms with Crippen LogP contribution in [0.2, 0.25) is 0 Å². The van der Waals surface area contributed by atoms with E-state index in [9.17, 15) is 4.79 Å². The van der Waals surface area contributed by atoms with Crippen molar-refractivity contribution in [1.29, 1.82) is 0 Å². The second-order valence-corrected chi connectivity index (χ2v) is 4.99. The monoisotopic (exact) mass is 268 g/mol. The Kier molecular flexibility index (Phi) is 2.89. The molecule has 4 heteroatoms. The molecule has 1 heterocycles. The Labute approximate surface area is 97.2 Å². The third-order valence-corrected chi connectivity index (χ3v) is 3.40. The number of Topliss-reactive ketones (excluding diaryl/α,β-unsaturated/α-hetero) is 1. The van der Waals surface area contributed by atoms with Crippen LogP contribution in [0.25, 0.3) is 0 Å². The average Bonchev–Trinajstić information content (AvgIpc) is 2.18. The first-order valence-corrected chi connectivity index (χ1v) is 5.82. The van der Waals surface area contributed by atoms with Crippen LogP contribution >= 0.6 is 15.9 Å². The molecule has 1 fully saturated rings. The Morgan fingerprint density at radius 1 is 1.53 bits per heavy atom. The first kappa shape index (κ1) is 10.8. The first-order valence-electron chi connectivity index (χ1n) is 5.03. The number of nitrogens with two attached hydrogens (primary N) is 1. The molecule has 0 aliphatic heterocycles. The standard InChI is InChI=1S/C11H13BrN2O/c12-8-2-3-9(14-7-8)6-10(15)11(13)4-1-5-11/h2-3,7H,1,4-6,13H2. The molecule has 1 aromatic rings. The molecule has 0 atom stereocenters. The minimum Gasteiger partial charge on any atom is -0.319 e. The van der Waals surface area contributed by atoms with E-state index < -0.39 is 5.54 Å². The number of halogens is 1. The van der Waals surface area contributed by atoms with Gasteiger partial charge in [0.2, 0.25) is 0 Å². The van der Waals surface area contributed by atoms with Gasteiger partial charge in [-0.15, -0.1) is 0 Å². The van der Waals surface area contributed by atoms with Gasteiger partial charge in [0.1, 0.15) is 0 Å². The number of carbonyl (C=O) groups is 1. The van der Waals surface area contributed by atoms with Crippen LogP contribution in [-0.4, -0.2) is 16.3 Å². The zero-order valence-electron chi connectivity index (χ0n) is 8.37. The zero-order valence-corrected chi connectivity index (χ0v) is 9.96. The van der Waals surface area contributed by atoms with E-state index in [1.165, 1.54) is 0 Å². The van der Waals surface area contributed by atoms with E-state index in [0.717, 1.165) is 29.4 Å². The van der Waals surface area contributed by atoms with Gasteiger partial charge in [-0.1, -0.05) is 0 Å². The van der Waals surface area contributed by atoms with Crippen LogP contribution in [0.1, 0.15) is 25.0 Å². The molecular weight excluding hydrogens is 256 g/mol. The van der Waals surface area contributed by atoms with Gasteiger partial charge in [0.25, 0.3) is 0 Å². The molecule has 3 nitrogen and oxygen atoms in total. The van der Waals surface area contributed by atoms with Crippen LogP contribution in [-0.2, 0) is 11.2 Å². The minimum atomic E-state index is -0.561. The molecule has 0 unspecified atom stereocenters. The maximum Gasteiger partial charge on any atom is 0.158 e. The van der Waals surface area contributed by atoms with Gasteiger partial charge < -0.3 is 5.73 Å². The molecule has 0 aromatic carbocycles. The van der Waals surface area contributed by atoms with Crippen molar-refractivity contribution in [2.75, 3.05) is 0 Å². The summed E-state index contributed by atoms with van der Waals surface area (Å²) >= 11 is 3.30. The first-order chi connectivity index (χ1) is 7.10. The van der Waals surface area contributed by atoms with E-state index in [4.69, 9.17) is 5.73 Å². The second-order valence-electron chi connectivity index (χ2n) is 4.08. The molecule has 0 radical (unpaired) electrons. The van der Waals surface area contributed by atoms with E-state index in [-0.39, 0.29) is 5.78 Å². The number of carbonyl (C=O) groups excluding carboxylic acids is 1. The highest BCUT2D eigenvalue weighted by atomic mass is 79.9. The molecule has 1 saturated carbocycles. The lowest BCUT2D eigenvalue weighted by atomic mass is 9.73. The molecule has 0 bridgehead atoms. The van der Waals surface area contributed by atoms with Gasteiger partial charge in [0.05, 0.1) is 12.0 Å². The van der Waals surface area contributed by atoms with Gasteiger partial charge in [-0.3, -0.25) is 9.78 Å². The van der Waals surface area contributed by atoms with Crippen molar-refractivity contribution in [1.82, 2.24) is 4.98 Å². The molecule has 0 amide bonds. The predicted octanol–water partition coefficient (Wildman–Crippen LogP) is 1.84. The van der Waals surface area contributed by atoms with Crippen molar-refractivity contribution in [2.24, 2.45) is 5.73 Å². The molecule has 15 heavy (non-hydrogen) atoms. The highest BCUT2D eigenvalue weighted by Gasteiger charge is 2.39. The Bertz CT molecular complexity index is 371. The van der Waals surface area contributed by atoms with E-state index in [0.29, 0.717) is 6.42 Å². The van der Waals surface area contributed by atoms with Crippen LogP contribution in [0.4, 0.5) is 0 Å². The van der Waals surface area contributed by atoms with E-state index in [1.54, 1.807) is 6.20 Å². The zero-order chi connectivity index (χ0) is 10.9. The summed E-state index contributed by atoms with van der Waals surface area (Å²) in [5.41, 5.74) is 6.17. The summed E-state index contributed by atoms with van der Waals surface area (Å²) in [6.07, 6.45) is 4.76. The lowest BCUT2D eigenvalue weighted by Crippen LogP contribution is -2.54. The third kappa shape index (κ3) is 2.26. The van der Waals surface area contributed by atoms with Crippen molar-refractivity contribution in [3.8, 4) is 0 Å². The molecule has 0 spiro atoms. The number of ketones is 1. The summed E-state index contributed by atoms with van der Waals surface area (Å²) in [5.74, 6) is 0.114. The molecule has 1 aliphatic rings. The summed E-state index contributed by atoms with van der Waals surface area (Å²) < 4.78 is 0.921. The fourth-order valence-electron chi connectivity index (χ4n) is 1.69. The van der Waals surface area contributed by atoms with Crippen molar-refractivity contribution in [3.05, 3.63) is 28.5 Å². The molecule has 1 aromatic heterocycles. The number of aromatic nitrogens is 1. The quantitative estimate of drug-likeness (QED) is 0.910. The van der Waals surface area contributed by atoms with Gasteiger partial charge in [-0.05, 0) is 47.3 Å².